The van der Waals surface area contributed by atoms with Crippen LogP contribution in [0.15, 0.2) is 6.07 Å². The van der Waals surface area contributed by atoms with Crippen LogP contribution in [-0.2, 0) is 0 Å². The Balaban J connectivity index is 2.00. The third-order valence-corrected chi connectivity index (χ3v) is 2.87. The summed E-state index contributed by atoms with van der Waals surface area (Å²) in [7, 11) is 0. The number of hydrogen-bond acceptors (Lipinski definition) is 6. The molecule has 1 saturated carbocycles. The number of aryl methyl sites for hydroxylation is 1. The lowest BCUT2D eigenvalue weighted by molar-refractivity contribution is -0.0202. The van der Waals surface area contributed by atoms with Crippen molar-refractivity contribution in [1.82, 2.24) is 9.97 Å². The monoisotopic (exact) mass is 223 g/mol. The highest BCUT2D eigenvalue weighted by atomic mass is 16.3. The zero-order chi connectivity index (χ0) is 11.6. The van der Waals surface area contributed by atoms with Gasteiger partial charge in [0.1, 0.15) is 17.5 Å². The zero-order valence-corrected chi connectivity index (χ0v) is 9.32. The van der Waals surface area contributed by atoms with Crippen molar-refractivity contribution in [3.05, 3.63) is 11.9 Å². The number of nitrogens with two attached hydrogens (primary N) is 1. The van der Waals surface area contributed by atoms with Gasteiger partial charge in [0.25, 0.3) is 0 Å². The van der Waals surface area contributed by atoms with Crippen LogP contribution in [0.4, 0.5) is 11.6 Å². The standard InChI is InChI=1S/C10H17N5O/c1-7-13-8(5-9(14-7)15-11)12-6-10(16)3-2-4-10/h5,16H,2-4,6,11H2,1H3,(H2,12,13,14,15). The molecule has 1 aromatic heterocycles. The van der Waals surface area contributed by atoms with Crippen molar-refractivity contribution in [3.63, 3.8) is 0 Å². The average molecular weight is 223 g/mol. The van der Waals surface area contributed by atoms with Crippen LogP contribution >= 0.6 is 0 Å². The Hall–Kier alpha value is -1.40. The lowest BCUT2D eigenvalue weighted by atomic mass is 9.80. The molecule has 1 aliphatic carbocycles. The van der Waals surface area contributed by atoms with E-state index in [1.54, 1.807) is 13.0 Å². The van der Waals surface area contributed by atoms with Gasteiger partial charge in [-0.15, -0.1) is 0 Å². The van der Waals surface area contributed by atoms with Crippen molar-refractivity contribution in [1.29, 1.82) is 0 Å². The summed E-state index contributed by atoms with van der Waals surface area (Å²) in [5, 5.41) is 13.0. The molecule has 0 radical (unpaired) electrons. The van der Waals surface area contributed by atoms with E-state index in [4.69, 9.17) is 5.84 Å². The van der Waals surface area contributed by atoms with E-state index in [0.29, 0.717) is 24.0 Å². The second kappa shape index (κ2) is 4.23. The second-order valence-corrected chi connectivity index (χ2v) is 4.26. The van der Waals surface area contributed by atoms with Gasteiger partial charge in [0, 0.05) is 12.6 Å². The molecule has 6 heteroatoms. The van der Waals surface area contributed by atoms with Crippen molar-refractivity contribution in [2.24, 2.45) is 5.84 Å². The first-order valence-electron chi connectivity index (χ1n) is 5.40. The Morgan fingerprint density at radius 3 is 2.69 bits per heavy atom. The number of nitrogens with zero attached hydrogens (tertiary/aromatic N) is 2. The van der Waals surface area contributed by atoms with Crippen molar-refractivity contribution in [2.75, 3.05) is 17.3 Å². The van der Waals surface area contributed by atoms with Crippen LogP contribution in [0.5, 0.6) is 0 Å². The maximum Gasteiger partial charge on any atom is 0.145 e. The highest BCUT2D eigenvalue weighted by Gasteiger charge is 2.34. The molecule has 5 N–H and O–H groups in total. The van der Waals surface area contributed by atoms with E-state index in [9.17, 15) is 5.11 Å². The summed E-state index contributed by atoms with van der Waals surface area (Å²) >= 11 is 0. The number of anilines is 2. The van der Waals surface area contributed by atoms with E-state index in [2.05, 4.69) is 20.7 Å². The number of aromatic nitrogens is 2. The zero-order valence-electron chi connectivity index (χ0n) is 9.32. The lowest BCUT2D eigenvalue weighted by Gasteiger charge is -2.36. The SMILES string of the molecule is Cc1nc(NN)cc(NCC2(O)CCC2)n1. The van der Waals surface area contributed by atoms with Crippen molar-refractivity contribution >= 4 is 11.6 Å². The smallest absolute Gasteiger partial charge is 0.145 e. The molecule has 1 fully saturated rings. The van der Waals surface area contributed by atoms with Gasteiger partial charge in [0.15, 0.2) is 0 Å². The number of hydrogen-bond donors (Lipinski definition) is 4. The van der Waals surface area contributed by atoms with Gasteiger partial charge in [-0.25, -0.2) is 15.8 Å². The summed E-state index contributed by atoms with van der Waals surface area (Å²) in [6, 6.07) is 1.72. The van der Waals surface area contributed by atoms with E-state index < -0.39 is 5.60 Å². The third-order valence-electron chi connectivity index (χ3n) is 2.87. The summed E-state index contributed by atoms with van der Waals surface area (Å²) in [4.78, 5) is 8.30. The minimum Gasteiger partial charge on any atom is -0.388 e. The molecule has 0 aliphatic heterocycles. The number of nitrogens with one attached hydrogen (secondary N) is 2. The minimum absolute atomic E-state index is 0.521. The fourth-order valence-corrected chi connectivity index (χ4v) is 1.75. The van der Waals surface area contributed by atoms with Crippen LogP contribution in [0.1, 0.15) is 25.1 Å². The predicted molar refractivity (Wildman–Crippen MR) is 61.9 cm³/mol. The molecule has 0 bridgehead atoms. The van der Waals surface area contributed by atoms with E-state index in [0.717, 1.165) is 19.3 Å². The van der Waals surface area contributed by atoms with Crippen LogP contribution in [0.25, 0.3) is 0 Å². The Morgan fingerprint density at radius 1 is 1.44 bits per heavy atom. The van der Waals surface area contributed by atoms with Crippen LogP contribution in [0.3, 0.4) is 0 Å². The lowest BCUT2D eigenvalue weighted by Crippen LogP contribution is -2.43. The Bertz CT molecular complexity index is 377. The van der Waals surface area contributed by atoms with Gasteiger partial charge in [-0.1, -0.05) is 0 Å². The van der Waals surface area contributed by atoms with Crippen molar-refractivity contribution in [3.8, 4) is 0 Å². The number of rotatable bonds is 4. The van der Waals surface area contributed by atoms with Gasteiger partial charge in [0.05, 0.1) is 5.60 Å². The first-order chi connectivity index (χ1) is 7.61. The topological polar surface area (TPSA) is 96.1 Å². The maximum atomic E-state index is 9.92. The molecule has 6 nitrogen and oxygen atoms in total. The third kappa shape index (κ3) is 2.40. The van der Waals surface area contributed by atoms with E-state index in [1.165, 1.54) is 0 Å². The number of nitrogen functional groups attached to an aromatic ring is 1. The molecule has 0 aromatic carbocycles. The number of hydrazine groups is 1. The van der Waals surface area contributed by atoms with E-state index in [1.807, 2.05) is 0 Å². The van der Waals surface area contributed by atoms with E-state index in [-0.39, 0.29) is 0 Å². The minimum atomic E-state index is -0.560. The summed E-state index contributed by atoms with van der Waals surface area (Å²) in [5.41, 5.74) is 1.92. The molecule has 88 valence electrons. The molecule has 0 saturated heterocycles. The quantitative estimate of drug-likeness (QED) is 0.436. The predicted octanol–water partition coefficient (Wildman–Crippen LogP) is 0.398. The Morgan fingerprint density at radius 2 is 2.12 bits per heavy atom. The molecule has 0 amide bonds. The normalized spacial score (nSPS) is 17.7. The maximum absolute atomic E-state index is 9.92. The van der Waals surface area contributed by atoms with Crippen LogP contribution in [0.2, 0.25) is 0 Å². The van der Waals surface area contributed by atoms with Crippen LogP contribution in [-0.4, -0.2) is 27.2 Å². The summed E-state index contributed by atoms with van der Waals surface area (Å²) < 4.78 is 0. The molecule has 16 heavy (non-hydrogen) atoms. The van der Waals surface area contributed by atoms with Gasteiger partial charge in [-0.2, -0.15) is 0 Å². The number of aliphatic hydroxyl groups is 1. The summed E-state index contributed by atoms with van der Waals surface area (Å²) in [6.07, 6.45) is 2.80. The molecule has 0 unspecified atom stereocenters. The molecular formula is C10H17N5O. The fraction of sp³-hybridized carbons (Fsp3) is 0.600. The molecule has 0 atom stereocenters. The molecule has 2 rings (SSSR count). The summed E-state index contributed by atoms with van der Waals surface area (Å²) in [5.74, 6) is 7.17. The van der Waals surface area contributed by atoms with Crippen LogP contribution < -0.4 is 16.6 Å². The largest absolute Gasteiger partial charge is 0.388 e. The van der Waals surface area contributed by atoms with Gasteiger partial charge >= 0.3 is 0 Å². The second-order valence-electron chi connectivity index (χ2n) is 4.26. The highest BCUT2D eigenvalue weighted by molar-refractivity contribution is 5.46. The highest BCUT2D eigenvalue weighted by Crippen LogP contribution is 2.31. The van der Waals surface area contributed by atoms with Crippen molar-refractivity contribution < 1.29 is 5.11 Å². The molecule has 1 aliphatic rings. The molecule has 0 spiro atoms. The fourth-order valence-electron chi connectivity index (χ4n) is 1.75. The first kappa shape index (κ1) is 11.1. The van der Waals surface area contributed by atoms with Gasteiger partial charge < -0.3 is 15.8 Å². The Kier molecular flexibility index (Phi) is 2.93. The van der Waals surface area contributed by atoms with E-state index >= 15 is 0 Å². The van der Waals surface area contributed by atoms with Crippen LogP contribution in [0, 0.1) is 6.92 Å². The van der Waals surface area contributed by atoms with Gasteiger partial charge in [-0.05, 0) is 26.2 Å². The van der Waals surface area contributed by atoms with Crippen molar-refractivity contribution in [2.45, 2.75) is 31.8 Å². The first-order valence-corrected chi connectivity index (χ1v) is 5.40. The average Bonchev–Trinajstić information content (AvgIpc) is 2.23. The molecule has 1 heterocycles. The van der Waals surface area contributed by atoms with Gasteiger partial charge in [0.2, 0.25) is 0 Å². The summed E-state index contributed by atoms with van der Waals surface area (Å²) in [6.45, 7) is 2.32. The van der Waals surface area contributed by atoms with Gasteiger partial charge in [-0.3, -0.25) is 0 Å². The molecular weight excluding hydrogens is 206 g/mol. The Labute approximate surface area is 94.3 Å². The molecule has 1 aromatic rings.